The van der Waals surface area contributed by atoms with E-state index in [0.717, 1.165) is 5.69 Å². The highest BCUT2D eigenvalue weighted by Crippen LogP contribution is 2.25. The third kappa shape index (κ3) is 4.85. The summed E-state index contributed by atoms with van der Waals surface area (Å²) in [7, 11) is 0. The van der Waals surface area contributed by atoms with Gasteiger partial charge in [-0.1, -0.05) is 18.2 Å². The highest BCUT2D eigenvalue weighted by molar-refractivity contribution is 6.03. The Kier molecular flexibility index (Phi) is 5.89. The summed E-state index contributed by atoms with van der Waals surface area (Å²) >= 11 is 0. The van der Waals surface area contributed by atoms with E-state index in [2.05, 4.69) is 27.5 Å². The number of hydrogen-bond donors (Lipinski definition) is 2. The number of aryl methyl sites for hydroxylation is 2. The number of carbonyl (C=O) groups excluding carboxylic acids is 1. The third-order valence-corrected chi connectivity index (χ3v) is 4.15. The number of ether oxygens (including phenoxy) is 1. The monoisotopic (exact) mass is 376 g/mol. The van der Waals surface area contributed by atoms with Crippen molar-refractivity contribution in [1.82, 2.24) is 9.97 Å². The van der Waals surface area contributed by atoms with Crippen molar-refractivity contribution in [3.63, 3.8) is 0 Å². The standard InChI is InChI=1S/C22H24N4O2/c1-14(2)28-20-8-6-5-7-18(20)25-21(27)19-11-12-23-22(26-19)24-17-10-9-15(3)16(4)13-17/h5-14H,1-4H3,(H,25,27)(H,23,24,26). The van der Waals surface area contributed by atoms with Crippen LogP contribution in [0.3, 0.4) is 0 Å². The molecule has 1 aromatic heterocycles. The minimum Gasteiger partial charge on any atom is -0.489 e. The first-order chi connectivity index (χ1) is 13.4. The smallest absolute Gasteiger partial charge is 0.274 e. The molecule has 0 atom stereocenters. The van der Waals surface area contributed by atoms with Gasteiger partial charge in [-0.2, -0.15) is 0 Å². The quantitative estimate of drug-likeness (QED) is 0.641. The lowest BCUT2D eigenvalue weighted by molar-refractivity contribution is 0.102. The molecule has 2 aromatic carbocycles. The summed E-state index contributed by atoms with van der Waals surface area (Å²) in [4.78, 5) is 21.2. The molecular weight excluding hydrogens is 352 g/mol. The second-order valence-corrected chi connectivity index (χ2v) is 6.81. The van der Waals surface area contributed by atoms with Crippen molar-refractivity contribution in [1.29, 1.82) is 0 Å². The van der Waals surface area contributed by atoms with E-state index in [1.807, 2.05) is 57.2 Å². The van der Waals surface area contributed by atoms with Crippen molar-refractivity contribution in [2.75, 3.05) is 10.6 Å². The first-order valence-corrected chi connectivity index (χ1v) is 9.17. The van der Waals surface area contributed by atoms with Crippen LogP contribution < -0.4 is 15.4 Å². The van der Waals surface area contributed by atoms with Gasteiger partial charge in [0.15, 0.2) is 0 Å². The van der Waals surface area contributed by atoms with Crippen molar-refractivity contribution in [3.8, 4) is 5.75 Å². The van der Waals surface area contributed by atoms with Crippen LogP contribution in [0.2, 0.25) is 0 Å². The van der Waals surface area contributed by atoms with Crippen molar-refractivity contribution < 1.29 is 9.53 Å². The number of amides is 1. The Labute approximate surface area is 165 Å². The summed E-state index contributed by atoms with van der Waals surface area (Å²) in [6, 6.07) is 14.9. The molecule has 0 spiro atoms. The SMILES string of the molecule is Cc1ccc(Nc2nccc(C(=O)Nc3ccccc3OC(C)C)n2)cc1C. The van der Waals surface area contributed by atoms with E-state index in [9.17, 15) is 4.79 Å². The largest absolute Gasteiger partial charge is 0.489 e. The number of rotatable bonds is 6. The van der Waals surface area contributed by atoms with E-state index in [-0.39, 0.29) is 17.7 Å². The van der Waals surface area contributed by atoms with Crippen molar-refractivity contribution in [2.24, 2.45) is 0 Å². The predicted octanol–water partition coefficient (Wildman–Crippen LogP) is 4.88. The predicted molar refractivity (Wildman–Crippen MR) is 111 cm³/mol. The Morgan fingerprint density at radius 3 is 2.57 bits per heavy atom. The molecule has 0 aliphatic carbocycles. The number of nitrogens with zero attached hydrogens (tertiary/aromatic N) is 2. The summed E-state index contributed by atoms with van der Waals surface area (Å²) in [5.74, 6) is 0.654. The normalized spacial score (nSPS) is 10.6. The van der Waals surface area contributed by atoms with Crippen LogP contribution in [0.4, 0.5) is 17.3 Å². The minimum absolute atomic E-state index is 0.00544. The maximum Gasteiger partial charge on any atom is 0.274 e. The van der Waals surface area contributed by atoms with Gasteiger partial charge in [-0.15, -0.1) is 0 Å². The fourth-order valence-corrected chi connectivity index (χ4v) is 2.61. The lowest BCUT2D eigenvalue weighted by atomic mass is 10.1. The number of aromatic nitrogens is 2. The van der Waals surface area contributed by atoms with Crippen LogP contribution in [-0.2, 0) is 0 Å². The molecule has 0 fully saturated rings. The highest BCUT2D eigenvalue weighted by Gasteiger charge is 2.13. The van der Waals surface area contributed by atoms with Crippen molar-refractivity contribution in [3.05, 3.63) is 71.5 Å². The Hall–Kier alpha value is -3.41. The van der Waals surface area contributed by atoms with E-state index < -0.39 is 0 Å². The Morgan fingerprint density at radius 1 is 1.04 bits per heavy atom. The molecule has 0 bridgehead atoms. The van der Waals surface area contributed by atoms with Crippen LogP contribution in [0.1, 0.15) is 35.5 Å². The number of benzene rings is 2. The Balaban J connectivity index is 1.76. The Morgan fingerprint density at radius 2 is 1.82 bits per heavy atom. The summed E-state index contributed by atoms with van der Waals surface area (Å²) < 4.78 is 5.75. The van der Waals surface area contributed by atoms with Crippen LogP contribution in [0.25, 0.3) is 0 Å². The van der Waals surface area contributed by atoms with Crippen LogP contribution in [-0.4, -0.2) is 22.0 Å². The summed E-state index contributed by atoms with van der Waals surface area (Å²) in [6.07, 6.45) is 1.56. The van der Waals surface area contributed by atoms with E-state index in [1.165, 1.54) is 11.1 Å². The summed E-state index contributed by atoms with van der Waals surface area (Å²) in [5, 5.41) is 6.00. The van der Waals surface area contributed by atoms with Gasteiger partial charge in [0.1, 0.15) is 11.4 Å². The van der Waals surface area contributed by atoms with Gasteiger partial charge in [0.05, 0.1) is 11.8 Å². The van der Waals surface area contributed by atoms with Gasteiger partial charge in [0, 0.05) is 11.9 Å². The average Bonchev–Trinajstić information content (AvgIpc) is 2.66. The molecule has 1 amide bonds. The van der Waals surface area contributed by atoms with Gasteiger partial charge in [-0.3, -0.25) is 4.79 Å². The molecule has 3 aromatic rings. The van der Waals surface area contributed by atoms with Crippen LogP contribution in [0, 0.1) is 13.8 Å². The molecule has 0 saturated carbocycles. The van der Waals surface area contributed by atoms with Gasteiger partial charge < -0.3 is 15.4 Å². The molecule has 6 nitrogen and oxygen atoms in total. The van der Waals surface area contributed by atoms with Gasteiger partial charge in [0.2, 0.25) is 5.95 Å². The lowest BCUT2D eigenvalue weighted by Crippen LogP contribution is -2.16. The molecule has 0 saturated heterocycles. The van der Waals surface area contributed by atoms with Gasteiger partial charge >= 0.3 is 0 Å². The summed E-state index contributed by atoms with van der Waals surface area (Å²) in [5.41, 5.74) is 4.11. The molecule has 6 heteroatoms. The fraction of sp³-hybridized carbons (Fsp3) is 0.227. The van der Waals surface area contributed by atoms with Crippen LogP contribution >= 0.6 is 0 Å². The van der Waals surface area contributed by atoms with E-state index in [1.54, 1.807) is 18.3 Å². The first-order valence-electron chi connectivity index (χ1n) is 9.17. The molecule has 0 aliphatic rings. The third-order valence-electron chi connectivity index (χ3n) is 4.15. The van der Waals surface area contributed by atoms with Gasteiger partial charge in [-0.25, -0.2) is 9.97 Å². The second kappa shape index (κ2) is 8.52. The zero-order valence-electron chi connectivity index (χ0n) is 16.5. The van der Waals surface area contributed by atoms with Crippen molar-refractivity contribution >= 4 is 23.2 Å². The maximum atomic E-state index is 12.7. The number of nitrogens with one attached hydrogen (secondary N) is 2. The van der Waals surface area contributed by atoms with E-state index in [4.69, 9.17) is 4.74 Å². The van der Waals surface area contributed by atoms with E-state index >= 15 is 0 Å². The van der Waals surface area contributed by atoms with Gasteiger partial charge in [0.25, 0.3) is 5.91 Å². The molecule has 144 valence electrons. The van der Waals surface area contributed by atoms with E-state index in [0.29, 0.717) is 17.4 Å². The molecular formula is C22H24N4O2. The zero-order valence-corrected chi connectivity index (χ0v) is 16.5. The minimum atomic E-state index is -0.328. The molecule has 2 N–H and O–H groups in total. The fourth-order valence-electron chi connectivity index (χ4n) is 2.61. The molecule has 0 unspecified atom stereocenters. The molecule has 0 radical (unpaired) electrons. The second-order valence-electron chi connectivity index (χ2n) is 6.81. The highest BCUT2D eigenvalue weighted by atomic mass is 16.5. The number of anilines is 3. The molecule has 1 heterocycles. The number of hydrogen-bond acceptors (Lipinski definition) is 5. The summed E-state index contributed by atoms with van der Waals surface area (Å²) in [6.45, 7) is 7.98. The number of para-hydroxylation sites is 2. The molecule has 3 rings (SSSR count). The molecule has 0 aliphatic heterocycles. The van der Waals surface area contributed by atoms with Crippen LogP contribution in [0.15, 0.2) is 54.7 Å². The van der Waals surface area contributed by atoms with Gasteiger partial charge in [-0.05, 0) is 69.2 Å². The number of carbonyl (C=O) groups is 1. The lowest BCUT2D eigenvalue weighted by Gasteiger charge is -2.14. The van der Waals surface area contributed by atoms with Crippen LogP contribution in [0.5, 0.6) is 5.75 Å². The first kappa shape index (κ1) is 19.4. The Bertz CT molecular complexity index is 986. The maximum absolute atomic E-state index is 12.7. The van der Waals surface area contributed by atoms with Crippen molar-refractivity contribution in [2.45, 2.75) is 33.8 Å². The average molecular weight is 376 g/mol. The molecule has 28 heavy (non-hydrogen) atoms. The zero-order chi connectivity index (χ0) is 20.1. The topological polar surface area (TPSA) is 76.1 Å².